The van der Waals surface area contributed by atoms with E-state index in [1.807, 2.05) is 31.0 Å². The molecule has 1 saturated heterocycles. The van der Waals surface area contributed by atoms with Crippen LogP contribution in [0.25, 0.3) is 0 Å². The summed E-state index contributed by atoms with van der Waals surface area (Å²) < 4.78 is 0. The van der Waals surface area contributed by atoms with E-state index in [1.165, 1.54) is 0 Å². The summed E-state index contributed by atoms with van der Waals surface area (Å²) in [5.41, 5.74) is 1.12. The normalized spacial score (nSPS) is 21.2. The highest BCUT2D eigenvalue weighted by molar-refractivity contribution is 5.82. The zero-order chi connectivity index (χ0) is 12.3. The molecule has 1 aliphatic heterocycles. The summed E-state index contributed by atoms with van der Waals surface area (Å²) in [5.74, 6) is 0.187. The third-order valence-electron chi connectivity index (χ3n) is 3.48. The number of carbonyl (C=O) groups excluding carboxylic acids is 1. The van der Waals surface area contributed by atoms with Gasteiger partial charge in [0.25, 0.3) is 0 Å². The van der Waals surface area contributed by atoms with Crippen LogP contribution >= 0.6 is 0 Å². The fourth-order valence-corrected chi connectivity index (χ4v) is 2.20. The smallest absolute Gasteiger partial charge is 0.239 e. The molecule has 2 unspecified atom stereocenters. The van der Waals surface area contributed by atoms with E-state index in [4.69, 9.17) is 0 Å². The average Bonchev–Trinajstić information content (AvgIpc) is 2.91. The molecule has 4 nitrogen and oxygen atoms in total. The zero-order valence-electron chi connectivity index (χ0n) is 10.4. The minimum absolute atomic E-state index is 0.00397. The van der Waals surface area contributed by atoms with E-state index in [2.05, 4.69) is 10.3 Å². The molecule has 1 fully saturated rings. The van der Waals surface area contributed by atoms with Crippen molar-refractivity contribution in [1.29, 1.82) is 0 Å². The molecule has 0 spiro atoms. The summed E-state index contributed by atoms with van der Waals surface area (Å²) in [7, 11) is 1.87. The van der Waals surface area contributed by atoms with Gasteiger partial charge in [-0.3, -0.25) is 9.78 Å². The van der Waals surface area contributed by atoms with Gasteiger partial charge in [0.15, 0.2) is 0 Å². The number of aromatic nitrogens is 1. The average molecular weight is 233 g/mol. The minimum Gasteiger partial charge on any atom is -0.338 e. The number of nitrogens with one attached hydrogen (secondary N) is 1. The topological polar surface area (TPSA) is 45.2 Å². The molecular weight excluding hydrogens is 214 g/mol. The highest BCUT2D eigenvalue weighted by atomic mass is 16.2. The van der Waals surface area contributed by atoms with Gasteiger partial charge in [0.05, 0.1) is 12.1 Å². The van der Waals surface area contributed by atoms with E-state index in [0.29, 0.717) is 0 Å². The van der Waals surface area contributed by atoms with Crippen LogP contribution in [-0.2, 0) is 4.79 Å². The van der Waals surface area contributed by atoms with Crippen molar-refractivity contribution < 1.29 is 4.79 Å². The first-order chi connectivity index (χ1) is 8.20. The maximum Gasteiger partial charge on any atom is 0.239 e. The quantitative estimate of drug-likeness (QED) is 0.857. The van der Waals surface area contributed by atoms with Crippen molar-refractivity contribution in [3.63, 3.8) is 0 Å². The molecule has 0 saturated carbocycles. The van der Waals surface area contributed by atoms with Gasteiger partial charge >= 0.3 is 0 Å². The second-order valence-electron chi connectivity index (χ2n) is 4.55. The van der Waals surface area contributed by atoms with Crippen molar-refractivity contribution in [3.8, 4) is 0 Å². The van der Waals surface area contributed by atoms with Crippen LogP contribution in [0, 0.1) is 0 Å². The van der Waals surface area contributed by atoms with Crippen LogP contribution in [-0.4, -0.2) is 35.4 Å². The van der Waals surface area contributed by atoms with Gasteiger partial charge in [0.2, 0.25) is 5.91 Å². The third-order valence-corrected chi connectivity index (χ3v) is 3.48. The van der Waals surface area contributed by atoms with Crippen molar-refractivity contribution >= 4 is 5.91 Å². The lowest BCUT2D eigenvalue weighted by atomic mass is 10.1. The Labute approximate surface area is 102 Å². The van der Waals surface area contributed by atoms with Gasteiger partial charge in [-0.1, -0.05) is 0 Å². The zero-order valence-corrected chi connectivity index (χ0v) is 10.4. The lowest BCUT2D eigenvalue weighted by molar-refractivity contribution is -0.133. The molecule has 2 atom stereocenters. The van der Waals surface area contributed by atoms with Crippen LogP contribution in [0.4, 0.5) is 0 Å². The van der Waals surface area contributed by atoms with E-state index < -0.39 is 0 Å². The third kappa shape index (κ3) is 2.64. The number of rotatable bonds is 3. The molecule has 1 aromatic heterocycles. The van der Waals surface area contributed by atoms with Gasteiger partial charge in [-0.2, -0.15) is 0 Å². The first kappa shape index (κ1) is 12.0. The number of carbonyl (C=O) groups is 1. The van der Waals surface area contributed by atoms with Crippen LogP contribution in [0.5, 0.6) is 0 Å². The Bertz CT molecular complexity index is 374. The second kappa shape index (κ2) is 5.27. The molecule has 1 aromatic rings. The Morgan fingerprint density at radius 3 is 2.82 bits per heavy atom. The van der Waals surface area contributed by atoms with Crippen molar-refractivity contribution in [2.45, 2.75) is 31.8 Å². The summed E-state index contributed by atoms with van der Waals surface area (Å²) in [6.45, 7) is 3.00. The maximum atomic E-state index is 12.2. The summed E-state index contributed by atoms with van der Waals surface area (Å²) in [5, 5.41) is 3.24. The van der Waals surface area contributed by atoms with Gasteiger partial charge in [-0.25, -0.2) is 0 Å². The van der Waals surface area contributed by atoms with Gasteiger partial charge < -0.3 is 10.2 Å². The Morgan fingerprint density at radius 2 is 2.24 bits per heavy atom. The van der Waals surface area contributed by atoms with Crippen LogP contribution in [0.1, 0.15) is 31.4 Å². The molecule has 1 amide bonds. The van der Waals surface area contributed by atoms with Crippen molar-refractivity contribution in [2.75, 3.05) is 13.6 Å². The molecule has 2 rings (SSSR count). The predicted octanol–water partition coefficient (Wildman–Crippen LogP) is 1.35. The van der Waals surface area contributed by atoms with Crippen LogP contribution < -0.4 is 5.32 Å². The highest BCUT2D eigenvalue weighted by Gasteiger charge is 2.27. The molecule has 2 heterocycles. The molecule has 0 aromatic carbocycles. The molecule has 1 N–H and O–H groups in total. The molecule has 4 heteroatoms. The second-order valence-corrected chi connectivity index (χ2v) is 4.55. The lowest BCUT2D eigenvalue weighted by Crippen LogP contribution is -2.42. The molecule has 0 bridgehead atoms. The van der Waals surface area contributed by atoms with Crippen molar-refractivity contribution in [2.24, 2.45) is 0 Å². The number of hydrogen-bond acceptors (Lipinski definition) is 3. The fourth-order valence-electron chi connectivity index (χ4n) is 2.20. The Balaban J connectivity index is 2.04. The molecular formula is C13H19N3O. The maximum absolute atomic E-state index is 12.2. The first-order valence-corrected chi connectivity index (χ1v) is 6.10. The number of nitrogens with zero attached hydrogens (tertiary/aromatic N) is 2. The lowest BCUT2D eigenvalue weighted by Gasteiger charge is -2.27. The molecule has 1 aliphatic rings. The summed E-state index contributed by atoms with van der Waals surface area (Å²) in [4.78, 5) is 18.0. The van der Waals surface area contributed by atoms with Crippen LogP contribution in [0.3, 0.4) is 0 Å². The van der Waals surface area contributed by atoms with Crippen LogP contribution in [0.2, 0.25) is 0 Å². The summed E-state index contributed by atoms with van der Waals surface area (Å²) >= 11 is 0. The van der Waals surface area contributed by atoms with E-state index in [0.717, 1.165) is 24.9 Å². The van der Waals surface area contributed by atoms with Crippen molar-refractivity contribution in [1.82, 2.24) is 15.2 Å². The molecule has 0 aliphatic carbocycles. The fraction of sp³-hybridized carbons (Fsp3) is 0.538. The van der Waals surface area contributed by atoms with Crippen LogP contribution in [0.15, 0.2) is 24.5 Å². The Morgan fingerprint density at radius 1 is 1.53 bits per heavy atom. The Hall–Kier alpha value is -1.42. The number of amides is 1. The first-order valence-electron chi connectivity index (χ1n) is 6.10. The van der Waals surface area contributed by atoms with E-state index in [-0.39, 0.29) is 18.0 Å². The van der Waals surface area contributed by atoms with E-state index >= 15 is 0 Å². The molecule has 92 valence electrons. The summed E-state index contributed by atoms with van der Waals surface area (Å²) in [6.07, 6.45) is 5.57. The van der Waals surface area contributed by atoms with Gasteiger partial charge in [-0.05, 0) is 44.0 Å². The SMILES string of the molecule is CC(c1ccncc1)N(C)C(=O)C1CCCN1. The molecule has 0 radical (unpaired) electrons. The summed E-state index contributed by atoms with van der Waals surface area (Å²) in [6, 6.07) is 4.00. The highest BCUT2D eigenvalue weighted by Crippen LogP contribution is 2.20. The standard InChI is InChI=1S/C13H19N3O/c1-10(11-5-8-14-9-6-11)16(2)13(17)12-4-3-7-15-12/h5-6,8-10,12,15H,3-4,7H2,1-2H3. The number of hydrogen-bond donors (Lipinski definition) is 1. The molecule has 17 heavy (non-hydrogen) atoms. The van der Waals surface area contributed by atoms with Gasteiger partial charge in [0.1, 0.15) is 0 Å². The van der Waals surface area contributed by atoms with E-state index in [1.54, 1.807) is 12.4 Å². The number of pyridine rings is 1. The van der Waals surface area contributed by atoms with Gasteiger partial charge in [-0.15, -0.1) is 0 Å². The number of likely N-dealkylation sites (N-methyl/N-ethyl adjacent to an activating group) is 1. The minimum atomic E-state index is 0.00397. The monoisotopic (exact) mass is 233 g/mol. The van der Waals surface area contributed by atoms with Crippen molar-refractivity contribution in [3.05, 3.63) is 30.1 Å². The predicted molar refractivity (Wildman–Crippen MR) is 66.4 cm³/mol. The van der Waals surface area contributed by atoms with E-state index in [9.17, 15) is 4.79 Å². The largest absolute Gasteiger partial charge is 0.338 e. The van der Waals surface area contributed by atoms with Gasteiger partial charge in [0, 0.05) is 19.4 Å². The Kier molecular flexibility index (Phi) is 3.74.